The minimum absolute atomic E-state index is 0.0575. The molecule has 6 nitrogen and oxygen atoms in total. The number of aromatic carboxylic acids is 1. The van der Waals surface area contributed by atoms with Crippen LogP contribution < -0.4 is 0 Å². The first-order valence-electron chi connectivity index (χ1n) is 7.85. The van der Waals surface area contributed by atoms with Gasteiger partial charge in [0.1, 0.15) is 5.69 Å². The lowest BCUT2D eigenvalue weighted by Gasteiger charge is -2.28. The minimum atomic E-state index is -0.996. The Morgan fingerprint density at radius 1 is 1.36 bits per heavy atom. The fourth-order valence-electron chi connectivity index (χ4n) is 3.58. The number of aromatic nitrogens is 1. The summed E-state index contributed by atoms with van der Waals surface area (Å²) in [4.78, 5) is 26.3. The fourth-order valence-corrected chi connectivity index (χ4v) is 3.58. The average Bonchev–Trinajstić information content (AvgIpc) is 3.11. The maximum Gasteiger partial charge on any atom is 0.352 e. The molecular weight excluding hydrogens is 284 g/mol. The molecule has 1 atom stereocenters. The van der Waals surface area contributed by atoms with Crippen LogP contribution in [0, 0.1) is 5.92 Å². The van der Waals surface area contributed by atoms with Crippen LogP contribution in [0.15, 0.2) is 6.07 Å². The molecule has 0 spiro atoms. The third-order valence-corrected chi connectivity index (χ3v) is 4.69. The lowest BCUT2D eigenvalue weighted by Crippen LogP contribution is -2.39. The monoisotopic (exact) mass is 306 g/mol. The predicted molar refractivity (Wildman–Crippen MR) is 79.9 cm³/mol. The smallest absolute Gasteiger partial charge is 0.352 e. The van der Waals surface area contributed by atoms with Crippen molar-refractivity contribution in [1.82, 2.24) is 9.47 Å². The maximum atomic E-state index is 12.9. The van der Waals surface area contributed by atoms with Crippen molar-refractivity contribution in [3.8, 4) is 0 Å². The van der Waals surface area contributed by atoms with Crippen LogP contribution in [0.5, 0.6) is 0 Å². The molecule has 0 bridgehead atoms. The number of nitrogens with zero attached hydrogens (tertiary/aromatic N) is 2. The van der Waals surface area contributed by atoms with Crippen molar-refractivity contribution in [3.05, 3.63) is 23.0 Å². The molecular formula is C16H22N2O4. The Bertz CT molecular complexity index is 606. The number of carbonyl (C=O) groups is 2. The Hall–Kier alpha value is -1.82. The van der Waals surface area contributed by atoms with Crippen LogP contribution in [-0.2, 0) is 17.9 Å². The standard InChI is InChI=1S/C16H22N2O4/c1-10(2)12-4-3-5-18(12)15(19)11-8-13(16(20)21)17-6-7-22-9-14(11)17/h8,10,12H,3-7,9H2,1-2H3,(H,20,21)/t12-/m0/s1. The molecule has 1 aromatic heterocycles. The lowest BCUT2D eigenvalue weighted by atomic mass is 10.0. The Balaban J connectivity index is 1.97. The van der Waals surface area contributed by atoms with Gasteiger partial charge in [0.15, 0.2) is 0 Å². The van der Waals surface area contributed by atoms with Crippen molar-refractivity contribution >= 4 is 11.9 Å². The summed E-state index contributed by atoms with van der Waals surface area (Å²) in [5.41, 5.74) is 1.37. The van der Waals surface area contributed by atoms with E-state index in [-0.39, 0.29) is 17.6 Å². The van der Waals surface area contributed by atoms with Gasteiger partial charge >= 0.3 is 5.97 Å². The van der Waals surface area contributed by atoms with E-state index in [4.69, 9.17) is 4.74 Å². The summed E-state index contributed by atoms with van der Waals surface area (Å²) in [6, 6.07) is 1.76. The van der Waals surface area contributed by atoms with Crippen LogP contribution >= 0.6 is 0 Å². The Morgan fingerprint density at radius 3 is 2.82 bits per heavy atom. The van der Waals surface area contributed by atoms with Crippen molar-refractivity contribution in [2.45, 2.75) is 45.9 Å². The van der Waals surface area contributed by atoms with Crippen LogP contribution in [0.4, 0.5) is 0 Å². The molecule has 0 saturated carbocycles. The first-order valence-corrected chi connectivity index (χ1v) is 7.85. The van der Waals surface area contributed by atoms with Gasteiger partial charge in [-0.2, -0.15) is 0 Å². The Morgan fingerprint density at radius 2 is 2.14 bits per heavy atom. The van der Waals surface area contributed by atoms with E-state index in [1.54, 1.807) is 4.57 Å². The quantitative estimate of drug-likeness (QED) is 0.927. The molecule has 0 unspecified atom stereocenters. The zero-order chi connectivity index (χ0) is 15.9. The molecule has 3 heterocycles. The molecule has 2 aliphatic rings. The van der Waals surface area contributed by atoms with Gasteiger partial charge in [0, 0.05) is 19.1 Å². The molecule has 0 radical (unpaired) electrons. The number of likely N-dealkylation sites (tertiary alicyclic amines) is 1. The second kappa shape index (κ2) is 5.76. The molecule has 3 rings (SSSR count). The molecule has 1 fully saturated rings. The lowest BCUT2D eigenvalue weighted by molar-refractivity contribution is 0.0624. The molecule has 1 N–H and O–H groups in total. The summed E-state index contributed by atoms with van der Waals surface area (Å²) in [5, 5.41) is 9.35. The van der Waals surface area contributed by atoms with E-state index in [1.165, 1.54) is 6.07 Å². The summed E-state index contributed by atoms with van der Waals surface area (Å²) < 4.78 is 7.14. The predicted octanol–water partition coefficient (Wildman–Crippen LogP) is 1.98. The van der Waals surface area contributed by atoms with Gasteiger partial charge in [0.2, 0.25) is 0 Å². The third-order valence-electron chi connectivity index (χ3n) is 4.69. The van der Waals surface area contributed by atoms with Crippen molar-refractivity contribution in [2.75, 3.05) is 13.2 Å². The number of carbonyl (C=O) groups excluding carboxylic acids is 1. The first-order chi connectivity index (χ1) is 10.5. The van der Waals surface area contributed by atoms with Gasteiger partial charge in [0.25, 0.3) is 5.91 Å². The summed E-state index contributed by atoms with van der Waals surface area (Å²) in [5.74, 6) is -0.651. The maximum absolute atomic E-state index is 12.9. The van der Waals surface area contributed by atoms with E-state index in [2.05, 4.69) is 13.8 Å². The van der Waals surface area contributed by atoms with Crippen LogP contribution in [0.3, 0.4) is 0 Å². The van der Waals surface area contributed by atoms with E-state index in [0.717, 1.165) is 19.4 Å². The van der Waals surface area contributed by atoms with Gasteiger partial charge in [-0.3, -0.25) is 4.79 Å². The normalized spacial score (nSPS) is 21.2. The molecule has 2 aliphatic heterocycles. The van der Waals surface area contributed by atoms with Crippen molar-refractivity contribution < 1.29 is 19.4 Å². The molecule has 1 saturated heterocycles. The van der Waals surface area contributed by atoms with Gasteiger partial charge in [-0.1, -0.05) is 13.8 Å². The highest BCUT2D eigenvalue weighted by molar-refractivity contribution is 5.99. The van der Waals surface area contributed by atoms with Crippen LogP contribution in [0.1, 0.15) is 53.2 Å². The van der Waals surface area contributed by atoms with Gasteiger partial charge < -0.3 is 19.3 Å². The highest BCUT2D eigenvalue weighted by Gasteiger charge is 2.34. The van der Waals surface area contributed by atoms with Gasteiger partial charge in [-0.05, 0) is 24.8 Å². The fraction of sp³-hybridized carbons (Fsp3) is 0.625. The third kappa shape index (κ3) is 2.41. The second-order valence-electron chi connectivity index (χ2n) is 6.35. The van der Waals surface area contributed by atoms with E-state index >= 15 is 0 Å². The summed E-state index contributed by atoms with van der Waals surface area (Å²) >= 11 is 0. The van der Waals surface area contributed by atoms with E-state index in [9.17, 15) is 14.7 Å². The molecule has 0 aromatic carbocycles. The number of hydrogen-bond donors (Lipinski definition) is 1. The SMILES string of the molecule is CC(C)[C@@H]1CCCN1C(=O)c1cc(C(=O)O)n2c1COCC2. The molecule has 120 valence electrons. The molecule has 6 heteroatoms. The van der Waals surface area contributed by atoms with E-state index in [0.29, 0.717) is 36.9 Å². The Labute approximate surface area is 129 Å². The van der Waals surface area contributed by atoms with Crippen molar-refractivity contribution in [2.24, 2.45) is 5.92 Å². The average molecular weight is 306 g/mol. The first kappa shape index (κ1) is 15.1. The number of carboxylic acids is 1. The number of fused-ring (bicyclic) bond motifs is 1. The van der Waals surface area contributed by atoms with Crippen LogP contribution in [-0.4, -0.2) is 45.6 Å². The second-order valence-corrected chi connectivity index (χ2v) is 6.35. The zero-order valence-corrected chi connectivity index (χ0v) is 13.0. The summed E-state index contributed by atoms with van der Waals surface area (Å²) in [7, 11) is 0. The number of ether oxygens (including phenoxy) is 1. The highest BCUT2D eigenvalue weighted by atomic mass is 16.5. The van der Waals surface area contributed by atoms with E-state index in [1.807, 2.05) is 4.90 Å². The molecule has 0 aliphatic carbocycles. The topological polar surface area (TPSA) is 71.8 Å². The minimum Gasteiger partial charge on any atom is -0.477 e. The number of rotatable bonds is 3. The number of carboxylic acid groups (broad SMARTS) is 1. The Kier molecular flexibility index (Phi) is 3.95. The van der Waals surface area contributed by atoms with Crippen LogP contribution in [0.25, 0.3) is 0 Å². The largest absolute Gasteiger partial charge is 0.477 e. The summed E-state index contributed by atoms with van der Waals surface area (Å²) in [6.45, 7) is 6.25. The van der Waals surface area contributed by atoms with Gasteiger partial charge in [-0.15, -0.1) is 0 Å². The van der Waals surface area contributed by atoms with Crippen molar-refractivity contribution in [3.63, 3.8) is 0 Å². The molecule has 1 aromatic rings. The number of hydrogen-bond acceptors (Lipinski definition) is 3. The molecule has 1 amide bonds. The van der Waals surface area contributed by atoms with Crippen molar-refractivity contribution in [1.29, 1.82) is 0 Å². The van der Waals surface area contributed by atoms with Crippen LogP contribution in [0.2, 0.25) is 0 Å². The summed E-state index contributed by atoms with van der Waals surface area (Å²) in [6.07, 6.45) is 2.02. The zero-order valence-electron chi connectivity index (χ0n) is 13.0. The highest BCUT2D eigenvalue weighted by Crippen LogP contribution is 2.29. The molecule has 22 heavy (non-hydrogen) atoms. The van der Waals surface area contributed by atoms with E-state index < -0.39 is 5.97 Å². The number of amides is 1. The van der Waals surface area contributed by atoms with Gasteiger partial charge in [0.05, 0.1) is 24.5 Å². The van der Waals surface area contributed by atoms with Gasteiger partial charge in [-0.25, -0.2) is 4.79 Å².